The van der Waals surface area contributed by atoms with Gasteiger partial charge in [-0.2, -0.15) is 0 Å². The molecule has 120 valence electrons. The van der Waals surface area contributed by atoms with Gasteiger partial charge in [0.05, 0.1) is 13.0 Å². The highest BCUT2D eigenvalue weighted by atomic mass is 16.5. The molecule has 2 unspecified atom stereocenters. The van der Waals surface area contributed by atoms with Gasteiger partial charge in [-0.25, -0.2) is 4.79 Å². The van der Waals surface area contributed by atoms with Crippen LogP contribution in [0.2, 0.25) is 0 Å². The number of likely N-dealkylation sites (tertiary alicyclic amines) is 1. The Morgan fingerprint density at radius 2 is 2.10 bits per heavy atom. The highest BCUT2D eigenvalue weighted by Gasteiger charge is 2.29. The van der Waals surface area contributed by atoms with Gasteiger partial charge in [-0.05, 0) is 18.8 Å². The van der Waals surface area contributed by atoms with Crippen molar-refractivity contribution in [3.63, 3.8) is 0 Å². The van der Waals surface area contributed by atoms with E-state index in [1.807, 2.05) is 0 Å². The normalized spacial score (nSPS) is 19.2. The molecule has 1 N–H and O–H groups in total. The van der Waals surface area contributed by atoms with E-state index in [1.54, 1.807) is 18.9 Å². The number of hydrogen-bond acceptors (Lipinski definition) is 4. The molecule has 0 spiro atoms. The molecule has 21 heavy (non-hydrogen) atoms. The van der Waals surface area contributed by atoms with Crippen molar-refractivity contribution in [1.82, 2.24) is 9.80 Å². The summed E-state index contributed by atoms with van der Waals surface area (Å²) in [5.41, 5.74) is 0. The highest BCUT2D eigenvalue weighted by Crippen LogP contribution is 2.22. The Labute approximate surface area is 124 Å². The van der Waals surface area contributed by atoms with Gasteiger partial charge in [-0.15, -0.1) is 0 Å². The molecular weight excluding hydrogens is 276 g/mol. The first kappa shape index (κ1) is 17.3. The molecule has 0 aromatic carbocycles. The quantitative estimate of drug-likeness (QED) is 0.740. The summed E-state index contributed by atoms with van der Waals surface area (Å²) < 4.78 is 4.64. The molecule has 1 rings (SSSR count). The maximum atomic E-state index is 12.3. The van der Waals surface area contributed by atoms with Crippen molar-refractivity contribution >= 4 is 18.0 Å². The van der Waals surface area contributed by atoms with Crippen LogP contribution in [0.15, 0.2) is 0 Å². The van der Waals surface area contributed by atoms with Gasteiger partial charge in [-0.1, -0.05) is 6.92 Å². The molecule has 0 bridgehead atoms. The lowest BCUT2D eigenvalue weighted by molar-refractivity contribution is -0.145. The third-order valence-electron chi connectivity index (χ3n) is 3.80. The number of methoxy groups -OCH3 is 1. The SMILES string of the molecule is COC(=O)C(C)CN(C)C(=O)N1CCC(CCC(=O)O)C1. The lowest BCUT2D eigenvalue weighted by Gasteiger charge is -2.26. The molecule has 0 radical (unpaired) electrons. The summed E-state index contributed by atoms with van der Waals surface area (Å²) in [4.78, 5) is 37.4. The first-order chi connectivity index (χ1) is 9.85. The minimum atomic E-state index is -0.802. The molecule has 2 amide bonds. The van der Waals surface area contributed by atoms with Crippen LogP contribution < -0.4 is 0 Å². The number of nitrogens with zero attached hydrogens (tertiary/aromatic N) is 2. The number of urea groups is 1. The highest BCUT2D eigenvalue weighted by molar-refractivity contribution is 5.76. The molecule has 0 saturated carbocycles. The molecule has 2 atom stereocenters. The molecule has 0 aromatic rings. The fraction of sp³-hybridized carbons (Fsp3) is 0.786. The lowest BCUT2D eigenvalue weighted by atomic mass is 10.0. The average molecular weight is 300 g/mol. The minimum Gasteiger partial charge on any atom is -0.481 e. The third-order valence-corrected chi connectivity index (χ3v) is 3.80. The smallest absolute Gasteiger partial charge is 0.319 e. The van der Waals surface area contributed by atoms with Crippen LogP contribution in [0.4, 0.5) is 4.79 Å². The molecule has 1 aliphatic heterocycles. The van der Waals surface area contributed by atoms with Gasteiger partial charge in [0.15, 0.2) is 0 Å². The van der Waals surface area contributed by atoms with E-state index in [2.05, 4.69) is 4.74 Å². The van der Waals surface area contributed by atoms with Gasteiger partial charge in [0, 0.05) is 33.1 Å². The van der Waals surface area contributed by atoms with Crippen LogP contribution in [0.3, 0.4) is 0 Å². The average Bonchev–Trinajstić information content (AvgIpc) is 2.91. The Kier molecular flexibility index (Phi) is 6.45. The van der Waals surface area contributed by atoms with Crippen LogP contribution >= 0.6 is 0 Å². The lowest BCUT2D eigenvalue weighted by Crippen LogP contribution is -2.42. The Morgan fingerprint density at radius 3 is 2.67 bits per heavy atom. The number of hydrogen-bond donors (Lipinski definition) is 1. The molecular formula is C14H24N2O5. The van der Waals surface area contributed by atoms with Gasteiger partial charge in [0.25, 0.3) is 0 Å². The number of aliphatic carboxylic acids is 1. The number of amides is 2. The van der Waals surface area contributed by atoms with E-state index in [0.717, 1.165) is 6.42 Å². The summed E-state index contributed by atoms with van der Waals surface area (Å²) in [5.74, 6) is -1.26. The van der Waals surface area contributed by atoms with Crippen molar-refractivity contribution in [2.75, 3.05) is 33.8 Å². The van der Waals surface area contributed by atoms with E-state index >= 15 is 0 Å². The summed E-state index contributed by atoms with van der Waals surface area (Å²) >= 11 is 0. The standard InChI is InChI=1S/C14H24N2O5/c1-10(13(19)21-3)8-15(2)14(20)16-7-6-11(9-16)4-5-12(17)18/h10-11H,4-9H2,1-3H3,(H,17,18). The zero-order valence-electron chi connectivity index (χ0n) is 12.9. The zero-order chi connectivity index (χ0) is 16.0. The van der Waals surface area contributed by atoms with Crippen molar-refractivity contribution in [1.29, 1.82) is 0 Å². The van der Waals surface area contributed by atoms with Gasteiger partial charge in [0.2, 0.25) is 0 Å². The second-order valence-electron chi connectivity index (χ2n) is 5.62. The summed E-state index contributed by atoms with van der Waals surface area (Å²) in [6.07, 6.45) is 1.57. The van der Waals surface area contributed by atoms with Gasteiger partial charge < -0.3 is 19.6 Å². The van der Waals surface area contributed by atoms with Crippen LogP contribution in [0.1, 0.15) is 26.2 Å². The summed E-state index contributed by atoms with van der Waals surface area (Å²) in [6, 6.07) is -0.122. The molecule has 7 nitrogen and oxygen atoms in total. The predicted octanol–water partition coefficient (Wildman–Crippen LogP) is 1.03. The van der Waals surface area contributed by atoms with Crippen LogP contribution in [0.5, 0.6) is 0 Å². The Balaban J connectivity index is 2.41. The molecule has 1 aliphatic rings. The number of ether oxygens (including phenoxy) is 1. The van der Waals surface area contributed by atoms with Gasteiger partial charge >= 0.3 is 18.0 Å². The first-order valence-corrected chi connectivity index (χ1v) is 7.14. The van der Waals surface area contributed by atoms with Crippen molar-refractivity contribution in [2.24, 2.45) is 11.8 Å². The second-order valence-corrected chi connectivity index (χ2v) is 5.62. The molecule has 0 aromatic heterocycles. The fourth-order valence-electron chi connectivity index (χ4n) is 2.58. The van der Waals surface area contributed by atoms with Crippen LogP contribution in [0, 0.1) is 11.8 Å². The molecule has 1 heterocycles. The van der Waals surface area contributed by atoms with E-state index < -0.39 is 5.97 Å². The number of esters is 1. The molecule has 0 aliphatic carbocycles. The summed E-state index contributed by atoms with van der Waals surface area (Å²) in [7, 11) is 2.99. The minimum absolute atomic E-state index is 0.122. The van der Waals surface area contributed by atoms with Crippen molar-refractivity contribution in [3.8, 4) is 0 Å². The molecule has 1 fully saturated rings. The maximum Gasteiger partial charge on any atom is 0.319 e. The molecule has 7 heteroatoms. The Hall–Kier alpha value is -1.79. The van der Waals surface area contributed by atoms with E-state index in [4.69, 9.17) is 5.11 Å². The van der Waals surface area contributed by atoms with E-state index in [0.29, 0.717) is 26.1 Å². The zero-order valence-corrected chi connectivity index (χ0v) is 12.9. The largest absolute Gasteiger partial charge is 0.481 e. The third kappa shape index (κ3) is 5.24. The predicted molar refractivity (Wildman–Crippen MR) is 75.8 cm³/mol. The second kappa shape index (κ2) is 7.85. The van der Waals surface area contributed by atoms with E-state index in [9.17, 15) is 14.4 Å². The molecule has 1 saturated heterocycles. The Morgan fingerprint density at radius 1 is 1.43 bits per heavy atom. The number of carbonyl (C=O) groups is 3. The number of carbonyl (C=O) groups excluding carboxylic acids is 2. The van der Waals surface area contributed by atoms with Crippen LogP contribution in [-0.2, 0) is 14.3 Å². The van der Waals surface area contributed by atoms with Crippen LogP contribution in [-0.4, -0.2) is 66.7 Å². The fourth-order valence-corrected chi connectivity index (χ4v) is 2.58. The van der Waals surface area contributed by atoms with E-state index in [1.165, 1.54) is 12.0 Å². The maximum absolute atomic E-state index is 12.3. The van der Waals surface area contributed by atoms with Crippen molar-refractivity contribution in [2.45, 2.75) is 26.2 Å². The van der Waals surface area contributed by atoms with Gasteiger partial charge in [-0.3, -0.25) is 9.59 Å². The van der Waals surface area contributed by atoms with Crippen LogP contribution in [0.25, 0.3) is 0 Å². The number of carboxylic acid groups (broad SMARTS) is 1. The van der Waals surface area contributed by atoms with Crippen molar-refractivity contribution < 1.29 is 24.2 Å². The Bertz CT molecular complexity index is 399. The summed E-state index contributed by atoms with van der Waals surface area (Å²) in [5, 5.41) is 8.68. The monoisotopic (exact) mass is 300 g/mol. The van der Waals surface area contributed by atoms with Crippen molar-refractivity contribution in [3.05, 3.63) is 0 Å². The van der Waals surface area contributed by atoms with Gasteiger partial charge in [0.1, 0.15) is 0 Å². The first-order valence-electron chi connectivity index (χ1n) is 7.14. The van der Waals surface area contributed by atoms with E-state index in [-0.39, 0.29) is 30.3 Å². The topological polar surface area (TPSA) is 87.2 Å². The summed E-state index contributed by atoms with van der Waals surface area (Å²) in [6.45, 7) is 3.25. The number of carboxylic acids is 1. The number of rotatable bonds is 6.